The Morgan fingerprint density at radius 2 is 1.90 bits per heavy atom. The van der Waals surface area contributed by atoms with E-state index in [2.05, 4.69) is 9.80 Å². The van der Waals surface area contributed by atoms with Crippen molar-refractivity contribution in [3.63, 3.8) is 0 Å². The molecule has 0 aromatic carbocycles. The van der Waals surface area contributed by atoms with Crippen LogP contribution in [0.25, 0.3) is 0 Å². The highest BCUT2D eigenvalue weighted by atomic mass is 16.5. The molecule has 1 saturated carbocycles. The van der Waals surface area contributed by atoms with Gasteiger partial charge in [0, 0.05) is 31.7 Å². The summed E-state index contributed by atoms with van der Waals surface area (Å²) in [4.78, 5) is 17.1. The van der Waals surface area contributed by atoms with Crippen molar-refractivity contribution in [3.8, 4) is 0 Å². The minimum absolute atomic E-state index is 0.235. The molecule has 2 aliphatic heterocycles. The molecule has 3 unspecified atom stereocenters. The van der Waals surface area contributed by atoms with E-state index in [1.54, 1.807) is 0 Å². The van der Waals surface area contributed by atoms with Gasteiger partial charge in [-0.25, -0.2) is 0 Å². The van der Waals surface area contributed by atoms with Crippen molar-refractivity contribution in [2.24, 2.45) is 5.73 Å². The predicted molar refractivity (Wildman–Crippen MR) is 77.4 cm³/mol. The van der Waals surface area contributed by atoms with Gasteiger partial charge in [0.15, 0.2) is 0 Å². The SMILES string of the molecule is COC(=O)C1(N)CCCC(N2CCN3CCCC3C2)C1. The van der Waals surface area contributed by atoms with Crippen molar-refractivity contribution in [2.45, 2.75) is 56.1 Å². The third kappa shape index (κ3) is 2.59. The van der Waals surface area contributed by atoms with Crippen LogP contribution in [-0.2, 0) is 9.53 Å². The molecule has 1 aliphatic carbocycles. The second kappa shape index (κ2) is 5.62. The largest absolute Gasteiger partial charge is 0.468 e. The summed E-state index contributed by atoms with van der Waals surface area (Å²) >= 11 is 0. The van der Waals surface area contributed by atoms with Crippen LogP contribution in [0.5, 0.6) is 0 Å². The van der Waals surface area contributed by atoms with E-state index in [0.29, 0.717) is 6.04 Å². The Labute approximate surface area is 121 Å². The molecule has 5 nitrogen and oxygen atoms in total. The summed E-state index contributed by atoms with van der Waals surface area (Å²) in [6.07, 6.45) is 6.38. The molecule has 114 valence electrons. The van der Waals surface area contributed by atoms with Gasteiger partial charge in [0.05, 0.1) is 7.11 Å². The van der Waals surface area contributed by atoms with Gasteiger partial charge in [-0.2, -0.15) is 0 Å². The van der Waals surface area contributed by atoms with E-state index in [1.807, 2.05) is 0 Å². The van der Waals surface area contributed by atoms with Gasteiger partial charge < -0.3 is 10.5 Å². The zero-order valence-electron chi connectivity index (χ0n) is 12.5. The number of carbonyl (C=O) groups is 1. The number of ether oxygens (including phenoxy) is 1. The maximum Gasteiger partial charge on any atom is 0.325 e. The Balaban J connectivity index is 1.63. The van der Waals surface area contributed by atoms with Gasteiger partial charge >= 0.3 is 5.97 Å². The molecule has 0 bridgehead atoms. The number of nitrogens with zero attached hydrogens (tertiary/aromatic N) is 2. The lowest BCUT2D eigenvalue weighted by Crippen LogP contribution is -2.59. The smallest absolute Gasteiger partial charge is 0.325 e. The van der Waals surface area contributed by atoms with Crippen LogP contribution in [0.2, 0.25) is 0 Å². The molecule has 5 heteroatoms. The number of hydrogen-bond donors (Lipinski definition) is 1. The second-order valence-electron chi connectivity index (χ2n) is 6.72. The fraction of sp³-hybridized carbons (Fsp3) is 0.933. The summed E-state index contributed by atoms with van der Waals surface area (Å²) < 4.78 is 4.91. The minimum Gasteiger partial charge on any atom is -0.468 e. The first-order chi connectivity index (χ1) is 9.62. The fourth-order valence-electron chi connectivity index (χ4n) is 4.32. The van der Waals surface area contributed by atoms with Crippen molar-refractivity contribution in [1.29, 1.82) is 0 Å². The van der Waals surface area contributed by atoms with E-state index in [0.717, 1.165) is 38.4 Å². The highest BCUT2D eigenvalue weighted by Gasteiger charge is 2.43. The maximum atomic E-state index is 11.9. The van der Waals surface area contributed by atoms with Crippen molar-refractivity contribution in [2.75, 3.05) is 33.3 Å². The molecule has 3 atom stereocenters. The van der Waals surface area contributed by atoms with Crippen LogP contribution in [0.3, 0.4) is 0 Å². The van der Waals surface area contributed by atoms with Gasteiger partial charge in [-0.3, -0.25) is 14.6 Å². The first-order valence-electron chi connectivity index (χ1n) is 7.98. The van der Waals surface area contributed by atoms with Gasteiger partial charge in [0.25, 0.3) is 0 Å². The van der Waals surface area contributed by atoms with Crippen LogP contribution in [0.4, 0.5) is 0 Å². The molecule has 3 fully saturated rings. The molecule has 0 radical (unpaired) electrons. The van der Waals surface area contributed by atoms with Crippen LogP contribution >= 0.6 is 0 Å². The van der Waals surface area contributed by atoms with Crippen LogP contribution < -0.4 is 5.73 Å². The molecule has 2 saturated heterocycles. The van der Waals surface area contributed by atoms with Crippen molar-refractivity contribution >= 4 is 5.97 Å². The van der Waals surface area contributed by atoms with Gasteiger partial charge in [-0.15, -0.1) is 0 Å². The fourth-order valence-corrected chi connectivity index (χ4v) is 4.32. The Hall–Kier alpha value is -0.650. The maximum absolute atomic E-state index is 11.9. The van der Waals surface area contributed by atoms with E-state index in [-0.39, 0.29) is 5.97 Å². The van der Waals surface area contributed by atoms with Gasteiger partial charge in [0.1, 0.15) is 5.54 Å². The van der Waals surface area contributed by atoms with Gasteiger partial charge in [0.2, 0.25) is 0 Å². The topological polar surface area (TPSA) is 58.8 Å². The van der Waals surface area contributed by atoms with Crippen molar-refractivity contribution < 1.29 is 9.53 Å². The first kappa shape index (κ1) is 14.3. The third-order valence-electron chi connectivity index (χ3n) is 5.49. The molecular weight excluding hydrogens is 254 g/mol. The number of methoxy groups -OCH3 is 1. The highest BCUT2D eigenvalue weighted by molar-refractivity contribution is 5.80. The number of piperazine rings is 1. The zero-order chi connectivity index (χ0) is 14.2. The average molecular weight is 281 g/mol. The second-order valence-corrected chi connectivity index (χ2v) is 6.72. The summed E-state index contributed by atoms with van der Waals surface area (Å²) in [5, 5.41) is 0. The number of nitrogens with two attached hydrogens (primary N) is 1. The van der Waals surface area contributed by atoms with E-state index in [1.165, 1.54) is 39.5 Å². The minimum atomic E-state index is -0.759. The lowest BCUT2D eigenvalue weighted by Gasteiger charge is -2.46. The summed E-state index contributed by atoms with van der Waals surface area (Å²) in [5.74, 6) is -0.235. The monoisotopic (exact) mass is 281 g/mol. The Morgan fingerprint density at radius 1 is 1.15 bits per heavy atom. The highest BCUT2D eigenvalue weighted by Crippen LogP contribution is 2.32. The van der Waals surface area contributed by atoms with Crippen LogP contribution in [0, 0.1) is 0 Å². The van der Waals surface area contributed by atoms with Crippen molar-refractivity contribution in [3.05, 3.63) is 0 Å². The van der Waals surface area contributed by atoms with E-state index < -0.39 is 5.54 Å². The van der Waals surface area contributed by atoms with Crippen LogP contribution in [0.1, 0.15) is 38.5 Å². The molecular formula is C15H27N3O2. The Morgan fingerprint density at radius 3 is 2.70 bits per heavy atom. The van der Waals surface area contributed by atoms with E-state index >= 15 is 0 Å². The Kier molecular flexibility index (Phi) is 4.02. The summed E-state index contributed by atoms with van der Waals surface area (Å²) in [6.45, 7) is 4.73. The van der Waals surface area contributed by atoms with Crippen LogP contribution in [0.15, 0.2) is 0 Å². The third-order valence-corrected chi connectivity index (χ3v) is 5.49. The number of rotatable bonds is 2. The standard InChI is InChI=1S/C15H27N3O2/c1-20-14(19)15(16)6-2-4-12(10-15)18-9-8-17-7-3-5-13(17)11-18/h12-13H,2-11,16H2,1H3. The van der Waals surface area contributed by atoms with Gasteiger partial charge in [-0.1, -0.05) is 0 Å². The molecule has 2 N–H and O–H groups in total. The first-order valence-corrected chi connectivity index (χ1v) is 7.98. The van der Waals surface area contributed by atoms with Crippen molar-refractivity contribution in [1.82, 2.24) is 9.80 Å². The number of carbonyl (C=O) groups excluding carboxylic acids is 1. The lowest BCUT2D eigenvalue weighted by molar-refractivity contribution is -0.149. The zero-order valence-corrected chi connectivity index (χ0v) is 12.5. The van der Waals surface area contributed by atoms with E-state index in [9.17, 15) is 4.79 Å². The molecule has 0 aromatic rings. The normalized spacial score (nSPS) is 39.5. The molecule has 0 amide bonds. The summed E-state index contributed by atoms with van der Waals surface area (Å²) in [7, 11) is 1.44. The number of esters is 1. The number of hydrogen-bond acceptors (Lipinski definition) is 5. The molecule has 20 heavy (non-hydrogen) atoms. The lowest BCUT2D eigenvalue weighted by atomic mass is 9.79. The molecule has 3 aliphatic rings. The Bertz CT molecular complexity index is 376. The quantitative estimate of drug-likeness (QED) is 0.750. The molecule has 3 rings (SSSR count). The molecule has 0 aromatic heterocycles. The predicted octanol–water partition coefficient (Wildman–Crippen LogP) is 0.580. The summed E-state index contributed by atoms with van der Waals surface area (Å²) in [5.41, 5.74) is 5.55. The summed E-state index contributed by atoms with van der Waals surface area (Å²) in [6, 6.07) is 1.19. The van der Waals surface area contributed by atoms with E-state index in [4.69, 9.17) is 10.5 Å². The average Bonchev–Trinajstić information content (AvgIpc) is 2.93. The number of fused-ring (bicyclic) bond motifs is 1. The van der Waals surface area contributed by atoms with Crippen LogP contribution in [-0.4, -0.2) is 66.7 Å². The molecule has 2 heterocycles. The molecule has 0 spiro atoms. The van der Waals surface area contributed by atoms with Gasteiger partial charge in [-0.05, 0) is 45.1 Å².